The molecule has 98 valence electrons. The fraction of sp³-hybridized carbons (Fsp3) is 0.500. The van der Waals surface area contributed by atoms with E-state index in [4.69, 9.17) is 10.8 Å². The molecule has 0 bridgehead atoms. The largest absolute Gasteiger partial charge is 0.480 e. The minimum atomic E-state index is -1.29. The van der Waals surface area contributed by atoms with Crippen LogP contribution in [0.5, 0.6) is 0 Å². The van der Waals surface area contributed by atoms with E-state index in [-0.39, 0.29) is 12.5 Å². The maximum Gasteiger partial charge on any atom is 0.325 e. The fourth-order valence-corrected chi connectivity index (χ4v) is 3.09. The van der Waals surface area contributed by atoms with E-state index in [9.17, 15) is 9.59 Å². The van der Waals surface area contributed by atoms with Gasteiger partial charge in [0.15, 0.2) is 0 Å². The van der Waals surface area contributed by atoms with Crippen molar-refractivity contribution in [1.29, 1.82) is 0 Å². The highest BCUT2D eigenvalue weighted by Gasteiger charge is 2.43. The second-order valence-electron chi connectivity index (χ2n) is 4.57. The monoisotopic (exact) mass is 268 g/mol. The highest BCUT2D eigenvalue weighted by molar-refractivity contribution is 7.12. The van der Waals surface area contributed by atoms with E-state index in [1.165, 1.54) is 11.3 Å². The molecule has 1 aromatic heterocycles. The van der Waals surface area contributed by atoms with E-state index in [0.29, 0.717) is 17.8 Å². The van der Waals surface area contributed by atoms with Crippen molar-refractivity contribution in [1.82, 2.24) is 4.90 Å². The SMILES string of the molecule is CCc1ccsc1C(=O)N1CCC(N)(C(=O)O)C1. The third kappa shape index (κ3) is 2.13. The average molecular weight is 268 g/mol. The molecule has 1 aliphatic heterocycles. The molecule has 1 amide bonds. The Kier molecular flexibility index (Phi) is 3.41. The van der Waals surface area contributed by atoms with E-state index in [1.54, 1.807) is 4.90 Å². The predicted molar refractivity (Wildman–Crippen MR) is 68.8 cm³/mol. The summed E-state index contributed by atoms with van der Waals surface area (Å²) in [6, 6.07) is 1.93. The highest BCUT2D eigenvalue weighted by atomic mass is 32.1. The summed E-state index contributed by atoms with van der Waals surface area (Å²) >= 11 is 1.40. The minimum absolute atomic E-state index is 0.0855. The number of hydrogen-bond acceptors (Lipinski definition) is 4. The summed E-state index contributed by atoms with van der Waals surface area (Å²) in [6.45, 7) is 2.48. The third-order valence-corrected chi connectivity index (χ3v) is 4.28. The van der Waals surface area contributed by atoms with E-state index in [2.05, 4.69) is 0 Å². The molecule has 6 heteroatoms. The van der Waals surface area contributed by atoms with Gasteiger partial charge >= 0.3 is 5.97 Å². The Labute approximate surface area is 109 Å². The third-order valence-electron chi connectivity index (χ3n) is 3.34. The summed E-state index contributed by atoms with van der Waals surface area (Å²) < 4.78 is 0. The number of aliphatic carboxylic acids is 1. The van der Waals surface area contributed by atoms with Crippen LogP contribution in [-0.4, -0.2) is 40.5 Å². The van der Waals surface area contributed by atoms with Crippen LogP contribution in [0.4, 0.5) is 0 Å². The molecule has 0 radical (unpaired) electrons. The maximum absolute atomic E-state index is 12.3. The van der Waals surface area contributed by atoms with E-state index in [0.717, 1.165) is 12.0 Å². The van der Waals surface area contributed by atoms with Crippen molar-refractivity contribution in [3.63, 3.8) is 0 Å². The molecule has 0 aromatic carbocycles. The van der Waals surface area contributed by atoms with Crippen LogP contribution in [0.2, 0.25) is 0 Å². The fourth-order valence-electron chi connectivity index (χ4n) is 2.13. The number of thiophene rings is 1. The molecule has 18 heavy (non-hydrogen) atoms. The first-order chi connectivity index (χ1) is 8.48. The maximum atomic E-state index is 12.3. The number of nitrogens with zero attached hydrogens (tertiary/aromatic N) is 1. The Morgan fingerprint density at radius 1 is 1.61 bits per heavy atom. The topological polar surface area (TPSA) is 83.6 Å². The first-order valence-electron chi connectivity index (χ1n) is 5.86. The number of amides is 1. The molecular formula is C12H16N2O3S. The van der Waals surface area contributed by atoms with Crippen molar-refractivity contribution in [2.45, 2.75) is 25.3 Å². The molecule has 1 saturated heterocycles. The van der Waals surface area contributed by atoms with Gasteiger partial charge in [0.05, 0.1) is 4.88 Å². The van der Waals surface area contributed by atoms with Crippen molar-refractivity contribution >= 4 is 23.2 Å². The number of carboxylic acid groups (broad SMARTS) is 1. The van der Waals surface area contributed by atoms with Gasteiger partial charge in [-0.1, -0.05) is 6.92 Å². The summed E-state index contributed by atoms with van der Waals surface area (Å²) in [7, 11) is 0. The van der Waals surface area contributed by atoms with Crippen molar-refractivity contribution in [2.75, 3.05) is 13.1 Å². The van der Waals surface area contributed by atoms with Crippen LogP contribution in [0.15, 0.2) is 11.4 Å². The summed E-state index contributed by atoms with van der Waals surface area (Å²) in [5, 5.41) is 10.9. The number of carboxylic acids is 1. The van der Waals surface area contributed by atoms with E-state index < -0.39 is 11.5 Å². The number of rotatable bonds is 3. The number of carbonyl (C=O) groups is 2. The number of aryl methyl sites for hydroxylation is 1. The minimum Gasteiger partial charge on any atom is -0.480 e. The molecule has 5 nitrogen and oxygen atoms in total. The zero-order chi connectivity index (χ0) is 13.3. The highest BCUT2D eigenvalue weighted by Crippen LogP contribution is 2.25. The van der Waals surface area contributed by atoms with Gasteiger partial charge in [0.1, 0.15) is 5.54 Å². The number of likely N-dealkylation sites (tertiary alicyclic amines) is 1. The van der Waals surface area contributed by atoms with Crippen molar-refractivity contribution in [3.05, 3.63) is 21.9 Å². The Balaban J connectivity index is 2.15. The van der Waals surface area contributed by atoms with Gasteiger partial charge in [-0.2, -0.15) is 0 Å². The molecule has 1 atom stereocenters. The quantitative estimate of drug-likeness (QED) is 0.854. The van der Waals surface area contributed by atoms with Gasteiger partial charge in [0.2, 0.25) is 0 Å². The Bertz CT molecular complexity index is 485. The van der Waals surface area contributed by atoms with Gasteiger partial charge in [-0.05, 0) is 29.9 Å². The summed E-state index contributed by atoms with van der Waals surface area (Å²) in [6.07, 6.45) is 1.10. The predicted octanol–water partition coefficient (Wildman–Crippen LogP) is 0.939. The van der Waals surface area contributed by atoms with Gasteiger partial charge in [0.25, 0.3) is 5.91 Å². The zero-order valence-electron chi connectivity index (χ0n) is 10.2. The summed E-state index contributed by atoms with van der Waals surface area (Å²) in [5.41, 5.74) is 5.48. The number of carbonyl (C=O) groups excluding carboxylic acids is 1. The lowest BCUT2D eigenvalue weighted by Crippen LogP contribution is -2.50. The molecular weight excluding hydrogens is 252 g/mol. The van der Waals surface area contributed by atoms with Crippen LogP contribution in [0.1, 0.15) is 28.6 Å². The van der Waals surface area contributed by atoms with Gasteiger partial charge < -0.3 is 15.7 Å². The number of nitrogens with two attached hydrogens (primary N) is 1. The Morgan fingerprint density at radius 3 is 2.89 bits per heavy atom. The Hall–Kier alpha value is -1.40. The molecule has 3 N–H and O–H groups in total. The molecule has 2 heterocycles. The summed E-state index contributed by atoms with van der Waals surface area (Å²) in [4.78, 5) is 25.6. The van der Waals surface area contributed by atoms with Crippen LogP contribution < -0.4 is 5.73 Å². The second-order valence-corrected chi connectivity index (χ2v) is 5.48. The van der Waals surface area contributed by atoms with Gasteiger partial charge in [-0.15, -0.1) is 11.3 Å². The molecule has 2 rings (SSSR count). The van der Waals surface area contributed by atoms with E-state index >= 15 is 0 Å². The first-order valence-corrected chi connectivity index (χ1v) is 6.74. The van der Waals surface area contributed by atoms with Crippen molar-refractivity contribution in [3.8, 4) is 0 Å². The molecule has 0 aliphatic carbocycles. The smallest absolute Gasteiger partial charge is 0.325 e. The van der Waals surface area contributed by atoms with E-state index in [1.807, 2.05) is 18.4 Å². The van der Waals surface area contributed by atoms with Crippen LogP contribution in [0.3, 0.4) is 0 Å². The molecule has 1 fully saturated rings. The van der Waals surface area contributed by atoms with Crippen LogP contribution in [-0.2, 0) is 11.2 Å². The lowest BCUT2D eigenvalue weighted by molar-refractivity contribution is -0.142. The molecule has 0 saturated carbocycles. The van der Waals surface area contributed by atoms with Crippen molar-refractivity contribution < 1.29 is 14.7 Å². The average Bonchev–Trinajstić information content (AvgIpc) is 2.94. The first kappa shape index (κ1) is 13.0. The standard InChI is InChI=1S/C12H16N2O3S/c1-2-8-3-6-18-9(8)10(15)14-5-4-12(13,7-14)11(16)17/h3,6H,2,4-5,7,13H2,1H3,(H,16,17). The van der Waals surface area contributed by atoms with Crippen molar-refractivity contribution in [2.24, 2.45) is 5.73 Å². The van der Waals surface area contributed by atoms with Gasteiger partial charge in [-0.3, -0.25) is 9.59 Å². The second kappa shape index (κ2) is 4.70. The number of hydrogen-bond donors (Lipinski definition) is 2. The van der Waals surface area contributed by atoms with Crippen LogP contribution >= 0.6 is 11.3 Å². The lowest BCUT2D eigenvalue weighted by Gasteiger charge is -2.20. The lowest BCUT2D eigenvalue weighted by atomic mass is 10.0. The zero-order valence-corrected chi connectivity index (χ0v) is 11.0. The van der Waals surface area contributed by atoms with Crippen LogP contribution in [0, 0.1) is 0 Å². The molecule has 0 spiro atoms. The van der Waals surface area contributed by atoms with Gasteiger partial charge in [-0.25, -0.2) is 0 Å². The van der Waals surface area contributed by atoms with Crippen LogP contribution in [0.25, 0.3) is 0 Å². The normalized spacial score (nSPS) is 23.3. The molecule has 1 aliphatic rings. The molecule has 1 aromatic rings. The van der Waals surface area contributed by atoms with Gasteiger partial charge in [0, 0.05) is 13.1 Å². The molecule has 1 unspecified atom stereocenters. The summed E-state index contributed by atoms with van der Waals surface area (Å²) in [5.74, 6) is -1.14. The Morgan fingerprint density at radius 2 is 2.33 bits per heavy atom.